The van der Waals surface area contributed by atoms with Crippen LogP contribution in [0.1, 0.15) is 59.3 Å². The van der Waals surface area contributed by atoms with E-state index in [4.69, 9.17) is 0 Å². The van der Waals surface area contributed by atoms with Crippen LogP contribution in [-0.4, -0.2) is 23.9 Å². The number of hydrogen-bond acceptors (Lipinski definition) is 2. The topological polar surface area (TPSA) is 40.1 Å². The fourth-order valence-corrected chi connectivity index (χ4v) is 0.514. The summed E-state index contributed by atoms with van der Waals surface area (Å²) in [6.45, 7) is 17.2. The molecular formula is C19H32O2Sn-4. The minimum absolute atomic E-state index is 0. The van der Waals surface area contributed by atoms with Gasteiger partial charge in [0.1, 0.15) is 0 Å². The van der Waals surface area contributed by atoms with E-state index < -0.39 is 11.2 Å². The molecule has 0 amide bonds. The molecule has 0 aliphatic rings. The molecule has 0 aromatic heterocycles. The first kappa shape index (κ1) is 29.5. The van der Waals surface area contributed by atoms with Crippen molar-refractivity contribution in [2.24, 2.45) is 0 Å². The van der Waals surface area contributed by atoms with Crippen molar-refractivity contribution < 1.29 is 5.11 Å². The van der Waals surface area contributed by atoms with Crippen LogP contribution >= 0.6 is 0 Å². The first-order chi connectivity index (χ1) is 10.0. The molecule has 4 radical (unpaired) electrons. The molecule has 0 saturated heterocycles. The minimum Gasteiger partial charge on any atom is -0.870 e. The second kappa shape index (κ2) is 28.6. The maximum atomic E-state index is 10.5. The molecule has 2 nitrogen and oxygen atoms in total. The average molecular weight is 411 g/mol. The van der Waals surface area contributed by atoms with Crippen LogP contribution < -0.4 is 10.5 Å². The smallest absolute Gasteiger partial charge is 0.170 e. The van der Waals surface area contributed by atoms with Crippen molar-refractivity contribution in [2.45, 2.75) is 59.3 Å². The minimum atomic E-state index is -0.458. The van der Waals surface area contributed by atoms with Crippen LogP contribution in [0, 0.1) is 20.8 Å². The van der Waals surface area contributed by atoms with Gasteiger partial charge in [0, 0.05) is 23.9 Å². The Morgan fingerprint density at radius 2 is 1.14 bits per heavy atom. The second-order valence-corrected chi connectivity index (χ2v) is 4.20. The van der Waals surface area contributed by atoms with E-state index in [2.05, 4.69) is 41.5 Å². The number of rotatable bonds is 3. The summed E-state index contributed by atoms with van der Waals surface area (Å²) in [4.78, 5) is 10.5. The van der Waals surface area contributed by atoms with E-state index in [1.54, 1.807) is 18.2 Å². The zero-order valence-corrected chi connectivity index (χ0v) is 17.4. The zero-order chi connectivity index (χ0) is 16.9. The average Bonchev–Trinajstić information content (AvgIpc) is 2.72. The third kappa shape index (κ3) is 31.7. The third-order valence-corrected chi connectivity index (χ3v) is 2.02. The number of unbranched alkanes of at least 4 members (excludes halogenated alkanes) is 3. The molecule has 22 heavy (non-hydrogen) atoms. The van der Waals surface area contributed by atoms with Gasteiger partial charge in [-0.3, -0.25) is 4.79 Å². The Bertz CT molecular complexity index is 325. The Balaban J connectivity index is -0.000000107. The second-order valence-electron chi connectivity index (χ2n) is 4.20. The SMILES string of the molecule is O=c1cccccc1[O-].[CH2-]CCC.[CH2-]CCC.[CH2-]CCC.[Sn]. The molecular weight excluding hydrogens is 379 g/mol. The summed E-state index contributed by atoms with van der Waals surface area (Å²) < 4.78 is 0. The Morgan fingerprint density at radius 3 is 1.45 bits per heavy atom. The Hall–Kier alpha value is -0.511. The molecule has 0 aliphatic carbocycles. The van der Waals surface area contributed by atoms with E-state index in [-0.39, 0.29) is 23.9 Å². The summed E-state index contributed by atoms with van der Waals surface area (Å²) >= 11 is 0. The summed E-state index contributed by atoms with van der Waals surface area (Å²) in [5.41, 5.74) is -0.458. The quantitative estimate of drug-likeness (QED) is 0.539. The van der Waals surface area contributed by atoms with Gasteiger partial charge >= 0.3 is 0 Å². The van der Waals surface area contributed by atoms with Gasteiger partial charge in [-0.2, -0.15) is 19.3 Å². The van der Waals surface area contributed by atoms with Crippen LogP contribution in [0.4, 0.5) is 0 Å². The largest absolute Gasteiger partial charge is 0.870 e. The van der Waals surface area contributed by atoms with Crippen LogP contribution in [0.25, 0.3) is 0 Å². The summed E-state index contributed by atoms with van der Waals surface area (Å²) in [5.74, 6) is -0.458. The van der Waals surface area contributed by atoms with Crippen molar-refractivity contribution in [1.82, 2.24) is 0 Å². The van der Waals surface area contributed by atoms with Gasteiger partial charge in [-0.1, -0.05) is 70.0 Å². The molecule has 1 aromatic rings. The van der Waals surface area contributed by atoms with Gasteiger partial charge in [0.25, 0.3) is 0 Å². The zero-order valence-electron chi connectivity index (χ0n) is 14.6. The molecule has 1 rings (SSSR count). The van der Waals surface area contributed by atoms with Crippen molar-refractivity contribution in [3.63, 3.8) is 0 Å². The Morgan fingerprint density at radius 1 is 0.818 bits per heavy atom. The molecule has 0 atom stereocenters. The van der Waals surface area contributed by atoms with Gasteiger partial charge in [-0.05, 0) is 6.07 Å². The Labute approximate surface area is 155 Å². The molecule has 1 aromatic carbocycles. The van der Waals surface area contributed by atoms with Gasteiger partial charge in [0.2, 0.25) is 0 Å². The normalized spacial score (nSPS) is 7.73. The summed E-state index contributed by atoms with van der Waals surface area (Å²) in [6.07, 6.45) is 6.83. The van der Waals surface area contributed by atoms with Gasteiger partial charge in [-0.25, -0.2) is 0 Å². The first-order valence-corrected chi connectivity index (χ1v) is 7.69. The molecule has 0 aliphatic heterocycles. The van der Waals surface area contributed by atoms with E-state index in [0.29, 0.717) is 0 Å². The maximum Gasteiger partial charge on any atom is 0.170 e. The number of hydrogen-bond donors (Lipinski definition) is 0. The third-order valence-electron chi connectivity index (χ3n) is 2.02. The monoisotopic (exact) mass is 412 g/mol. The fourth-order valence-electron chi connectivity index (χ4n) is 0.514. The van der Waals surface area contributed by atoms with E-state index in [9.17, 15) is 9.90 Å². The predicted octanol–water partition coefficient (Wildman–Crippen LogP) is 4.60. The van der Waals surface area contributed by atoms with Gasteiger partial charge in [0.05, 0.1) is 0 Å². The van der Waals surface area contributed by atoms with Crippen molar-refractivity contribution in [3.8, 4) is 5.75 Å². The Kier molecular flexibility index (Phi) is 38.4. The summed E-state index contributed by atoms with van der Waals surface area (Å²) in [7, 11) is 0. The van der Waals surface area contributed by atoms with Crippen LogP contribution in [0.15, 0.2) is 35.1 Å². The molecule has 0 spiro atoms. The predicted molar refractivity (Wildman–Crippen MR) is 98.7 cm³/mol. The molecule has 0 saturated carbocycles. The maximum absolute atomic E-state index is 10.5. The van der Waals surface area contributed by atoms with Crippen molar-refractivity contribution in [2.75, 3.05) is 0 Å². The van der Waals surface area contributed by atoms with Crippen LogP contribution in [-0.2, 0) is 0 Å². The summed E-state index contributed by atoms with van der Waals surface area (Å²) in [5, 5.41) is 10.5. The molecule has 0 heterocycles. The van der Waals surface area contributed by atoms with Crippen molar-refractivity contribution in [3.05, 3.63) is 61.3 Å². The standard InChI is InChI=1S/C7H6O2.3C4H9.Sn/c8-6-4-2-1-3-5-7(6)9;3*1-3-4-2;/h1-5H,(H,8,9);3*1,3-4H2,2H3;/q;3*-1;/p-1. The molecule has 0 fully saturated rings. The van der Waals surface area contributed by atoms with E-state index >= 15 is 0 Å². The van der Waals surface area contributed by atoms with E-state index in [1.807, 2.05) is 0 Å². The molecule has 0 bridgehead atoms. The van der Waals surface area contributed by atoms with Crippen LogP contribution in [0.2, 0.25) is 0 Å². The molecule has 0 N–H and O–H groups in total. The molecule has 128 valence electrons. The van der Waals surface area contributed by atoms with Crippen molar-refractivity contribution >= 4 is 23.9 Å². The first-order valence-electron chi connectivity index (χ1n) is 7.69. The van der Waals surface area contributed by atoms with Crippen molar-refractivity contribution in [1.29, 1.82) is 0 Å². The summed E-state index contributed by atoms with van der Waals surface area (Å²) in [6, 6.07) is 7.24. The van der Waals surface area contributed by atoms with E-state index in [0.717, 1.165) is 19.3 Å². The van der Waals surface area contributed by atoms with E-state index in [1.165, 1.54) is 31.4 Å². The van der Waals surface area contributed by atoms with Crippen LogP contribution in [0.5, 0.6) is 5.75 Å². The molecule has 3 heteroatoms. The van der Waals surface area contributed by atoms with Crippen LogP contribution in [0.3, 0.4) is 0 Å². The van der Waals surface area contributed by atoms with Gasteiger partial charge in [-0.15, -0.1) is 0 Å². The molecule has 0 unspecified atom stereocenters. The van der Waals surface area contributed by atoms with Gasteiger partial charge < -0.3 is 25.9 Å². The van der Waals surface area contributed by atoms with Gasteiger partial charge in [0.15, 0.2) is 5.43 Å². The fraction of sp³-hybridized carbons (Fsp3) is 0.474.